The molecule has 0 nitrogen and oxygen atoms in total. The Kier molecular flexibility index (Phi) is 3.43. The van der Waals surface area contributed by atoms with Crippen LogP contribution < -0.4 is 0 Å². The molecule has 1 aliphatic carbocycles. The van der Waals surface area contributed by atoms with Gasteiger partial charge in [-0.25, -0.2) is 0 Å². The highest BCUT2D eigenvalue weighted by atomic mass is 14.4. The monoisotopic (exact) mass is 182 g/mol. The molecule has 0 aromatic heterocycles. The summed E-state index contributed by atoms with van der Waals surface area (Å²) >= 11 is 0. The molecule has 3 unspecified atom stereocenters. The summed E-state index contributed by atoms with van der Waals surface area (Å²) in [7, 11) is 0. The van der Waals surface area contributed by atoms with Crippen LogP contribution in [0.2, 0.25) is 0 Å². The zero-order valence-corrected chi connectivity index (χ0v) is 10.1. The Morgan fingerprint density at radius 1 is 1.31 bits per heavy atom. The van der Waals surface area contributed by atoms with Gasteiger partial charge in [-0.3, -0.25) is 0 Å². The summed E-state index contributed by atoms with van der Waals surface area (Å²) < 4.78 is 0. The summed E-state index contributed by atoms with van der Waals surface area (Å²) in [5.41, 5.74) is 0.647. The molecule has 0 aliphatic heterocycles. The fourth-order valence-corrected chi connectivity index (χ4v) is 2.66. The van der Waals surface area contributed by atoms with Crippen LogP contribution in [0.4, 0.5) is 0 Å². The van der Waals surface area contributed by atoms with Crippen molar-refractivity contribution < 1.29 is 0 Å². The molecule has 0 radical (unpaired) electrons. The Morgan fingerprint density at radius 2 is 1.92 bits per heavy atom. The summed E-state index contributed by atoms with van der Waals surface area (Å²) in [6, 6.07) is 0. The molecule has 0 spiro atoms. The highest BCUT2D eigenvalue weighted by Crippen LogP contribution is 2.49. The first-order chi connectivity index (χ1) is 5.99. The normalized spacial score (nSPS) is 36.9. The Bertz CT molecular complexity index is 159. The topological polar surface area (TPSA) is 0 Å². The van der Waals surface area contributed by atoms with Crippen molar-refractivity contribution >= 4 is 0 Å². The molecular weight excluding hydrogens is 156 g/mol. The number of hydrogen-bond acceptors (Lipinski definition) is 0. The fraction of sp³-hybridized carbons (Fsp3) is 1.00. The lowest BCUT2D eigenvalue weighted by molar-refractivity contribution is 0.205. The second kappa shape index (κ2) is 4.02. The Balaban J connectivity index is 2.53. The number of rotatable bonds is 3. The third-order valence-electron chi connectivity index (χ3n) is 4.66. The van der Waals surface area contributed by atoms with Gasteiger partial charge in [-0.2, -0.15) is 0 Å². The molecule has 3 atom stereocenters. The molecule has 0 saturated heterocycles. The predicted molar refractivity (Wildman–Crippen MR) is 59.7 cm³/mol. The minimum Gasteiger partial charge on any atom is -0.0651 e. The van der Waals surface area contributed by atoms with Crippen LogP contribution in [0.15, 0.2) is 0 Å². The minimum absolute atomic E-state index is 0.647. The first kappa shape index (κ1) is 11.1. The van der Waals surface area contributed by atoms with Gasteiger partial charge in [-0.1, -0.05) is 41.0 Å². The maximum atomic E-state index is 2.49. The van der Waals surface area contributed by atoms with Crippen LogP contribution in [0, 0.1) is 23.2 Å². The van der Waals surface area contributed by atoms with E-state index in [9.17, 15) is 0 Å². The zero-order valence-electron chi connectivity index (χ0n) is 10.1. The SMILES string of the molecule is CCC(C)C1CCC(C)(C(C)C)C1. The van der Waals surface area contributed by atoms with Crippen LogP contribution in [0.1, 0.15) is 60.3 Å². The summed E-state index contributed by atoms with van der Waals surface area (Å²) in [5, 5.41) is 0. The van der Waals surface area contributed by atoms with Crippen molar-refractivity contribution in [2.45, 2.75) is 60.3 Å². The molecule has 1 rings (SSSR count). The quantitative estimate of drug-likeness (QED) is 0.603. The van der Waals surface area contributed by atoms with E-state index in [4.69, 9.17) is 0 Å². The van der Waals surface area contributed by atoms with Gasteiger partial charge < -0.3 is 0 Å². The van der Waals surface area contributed by atoms with Crippen molar-refractivity contribution in [3.63, 3.8) is 0 Å². The van der Waals surface area contributed by atoms with Crippen LogP contribution in [0.25, 0.3) is 0 Å². The number of hydrogen-bond donors (Lipinski definition) is 0. The van der Waals surface area contributed by atoms with Crippen molar-refractivity contribution in [3.05, 3.63) is 0 Å². The third-order valence-corrected chi connectivity index (χ3v) is 4.66. The van der Waals surface area contributed by atoms with Crippen LogP contribution in [-0.2, 0) is 0 Å². The van der Waals surface area contributed by atoms with Gasteiger partial charge in [-0.05, 0) is 42.4 Å². The molecular formula is C13H26. The van der Waals surface area contributed by atoms with Crippen LogP contribution >= 0.6 is 0 Å². The molecule has 0 aromatic carbocycles. The summed E-state index contributed by atoms with van der Waals surface area (Å²) in [6.45, 7) is 12.0. The van der Waals surface area contributed by atoms with Gasteiger partial charge in [0, 0.05) is 0 Å². The van der Waals surface area contributed by atoms with Gasteiger partial charge >= 0.3 is 0 Å². The molecule has 13 heavy (non-hydrogen) atoms. The molecule has 0 heterocycles. The van der Waals surface area contributed by atoms with Crippen LogP contribution in [0.3, 0.4) is 0 Å². The lowest BCUT2D eigenvalue weighted by Crippen LogP contribution is -2.20. The standard InChI is InChI=1S/C13H26/c1-6-11(4)12-7-8-13(5,9-12)10(2)3/h10-12H,6-9H2,1-5H3. The van der Waals surface area contributed by atoms with Gasteiger partial charge in [0.15, 0.2) is 0 Å². The van der Waals surface area contributed by atoms with Crippen LogP contribution in [-0.4, -0.2) is 0 Å². The van der Waals surface area contributed by atoms with Gasteiger partial charge in [0.05, 0.1) is 0 Å². The predicted octanol–water partition coefficient (Wildman–Crippen LogP) is 4.49. The minimum atomic E-state index is 0.647. The van der Waals surface area contributed by atoms with E-state index in [1.807, 2.05) is 0 Å². The Morgan fingerprint density at radius 3 is 2.31 bits per heavy atom. The fourth-order valence-electron chi connectivity index (χ4n) is 2.66. The van der Waals surface area contributed by atoms with Crippen molar-refractivity contribution in [1.29, 1.82) is 0 Å². The largest absolute Gasteiger partial charge is 0.0651 e. The van der Waals surface area contributed by atoms with Crippen molar-refractivity contribution in [3.8, 4) is 0 Å². The van der Waals surface area contributed by atoms with Crippen molar-refractivity contribution in [2.24, 2.45) is 23.2 Å². The Hall–Kier alpha value is 0. The van der Waals surface area contributed by atoms with Gasteiger partial charge in [-0.15, -0.1) is 0 Å². The maximum absolute atomic E-state index is 2.49. The lowest BCUT2D eigenvalue weighted by Gasteiger charge is -2.29. The molecule has 78 valence electrons. The van der Waals surface area contributed by atoms with E-state index in [0.717, 1.165) is 17.8 Å². The van der Waals surface area contributed by atoms with E-state index >= 15 is 0 Å². The van der Waals surface area contributed by atoms with E-state index < -0.39 is 0 Å². The third kappa shape index (κ3) is 2.27. The first-order valence-electron chi connectivity index (χ1n) is 5.99. The lowest BCUT2D eigenvalue weighted by atomic mass is 9.76. The van der Waals surface area contributed by atoms with E-state index in [1.54, 1.807) is 0 Å². The van der Waals surface area contributed by atoms with E-state index in [0.29, 0.717) is 5.41 Å². The summed E-state index contributed by atoms with van der Waals surface area (Å²) in [5.74, 6) is 2.82. The van der Waals surface area contributed by atoms with Crippen molar-refractivity contribution in [2.75, 3.05) is 0 Å². The average Bonchev–Trinajstić information content (AvgIpc) is 2.48. The highest BCUT2D eigenvalue weighted by Gasteiger charge is 2.38. The molecule has 0 heteroatoms. The smallest absolute Gasteiger partial charge is 0.0300 e. The summed E-state index contributed by atoms with van der Waals surface area (Å²) in [6.07, 6.45) is 5.77. The molecule has 1 saturated carbocycles. The Labute approximate surface area is 84.1 Å². The molecule has 0 bridgehead atoms. The first-order valence-corrected chi connectivity index (χ1v) is 5.99. The molecule has 1 aliphatic rings. The molecule has 0 N–H and O–H groups in total. The molecule has 0 aromatic rings. The van der Waals surface area contributed by atoms with Gasteiger partial charge in [0.1, 0.15) is 0 Å². The second-order valence-electron chi connectivity index (χ2n) is 5.70. The van der Waals surface area contributed by atoms with E-state index in [1.165, 1.54) is 25.7 Å². The van der Waals surface area contributed by atoms with Crippen LogP contribution in [0.5, 0.6) is 0 Å². The van der Waals surface area contributed by atoms with Gasteiger partial charge in [0.25, 0.3) is 0 Å². The van der Waals surface area contributed by atoms with E-state index in [2.05, 4.69) is 34.6 Å². The zero-order chi connectivity index (χ0) is 10.1. The van der Waals surface area contributed by atoms with Crippen molar-refractivity contribution in [1.82, 2.24) is 0 Å². The van der Waals surface area contributed by atoms with Gasteiger partial charge in [0.2, 0.25) is 0 Å². The highest BCUT2D eigenvalue weighted by molar-refractivity contribution is 4.89. The maximum Gasteiger partial charge on any atom is -0.0300 e. The molecule has 1 fully saturated rings. The van der Waals surface area contributed by atoms with E-state index in [-0.39, 0.29) is 0 Å². The molecule has 0 amide bonds. The summed E-state index contributed by atoms with van der Waals surface area (Å²) in [4.78, 5) is 0. The second-order valence-corrected chi connectivity index (χ2v) is 5.70. The average molecular weight is 182 g/mol.